The molecule has 0 rings (SSSR count). The molecule has 0 aliphatic carbocycles. The van der Waals surface area contributed by atoms with Crippen molar-refractivity contribution in [2.45, 2.75) is 392 Å². The highest BCUT2D eigenvalue weighted by molar-refractivity contribution is 5.76. The molecule has 6 nitrogen and oxygen atoms in total. The van der Waals surface area contributed by atoms with Gasteiger partial charge in [-0.1, -0.05) is 347 Å². The predicted molar refractivity (Wildman–Crippen MR) is 320 cm³/mol. The van der Waals surface area contributed by atoms with Crippen molar-refractivity contribution >= 4 is 11.9 Å². The van der Waals surface area contributed by atoms with Crippen LogP contribution in [0.5, 0.6) is 0 Å². The maximum atomic E-state index is 12.5. The Morgan fingerprint density at radius 2 is 0.630 bits per heavy atom. The molecule has 0 bridgehead atoms. The Hall–Kier alpha value is -1.40. The number of amides is 1. The zero-order valence-corrected chi connectivity index (χ0v) is 49.6. The highest BCUT2D eigenvalue weighted by Crippen LogP contribution is 2.19. The van der Waals surface area contributed by atoms with Crippen LogP contribution in [0.4, 0.5) is 0 Å². The van der Waals surface area contributed by atoms with Crippen LogP contribution in [0, 0.1) is 0 Å². The van der Waals surface area contributed by atoms with Gasteiger partial charge in [-0.2, -0.15) is 0 Å². The van der Waals surface area contributed by atoms with Gasteiger partial charge in [-0.15, -0.1) is 0 Å². The number of rotatable bonds is 63. The largest absolute Gasteiger partial charge is 0.466 e. The Balaban J connectivity index is 3.42. The first-order valence-electron chi connectivity index (χ1n) is 33.5. The zero-order valence-electron chi connectivity index (χ0n) is 49.6. The Morgan fingerprint density at radius 1 is 0.370 bits per heavy atom. The Bertz CT molecular complexity index is 1100. The molecule has 0 radical (unpaired) electrons. The summed E-state index contributed by atoms with van der Waals surface area (Å²) in [5.74, 6) is -0.0559. The molecule has 3 N–H and O–H groups in total. The summed E-state index contributed by atoms with van der Waals surface area (Å²) in [7, 11) is 0. The van der Waals surface area contributed by atoms with Crippen molar-refractivity contribution in [2.75, 3.05) is 13.2 Å². The fourth-order valence-electron chi connectivity index (χ4n) is 10.7. The lowest BCUT2D eigenvalue weighted by atomic mass is 10.0. The van der Waals surface area contributed by atoms with Gasteiger partial charge in [-0.25, -0.2) is 0 Å². The Labute approximate surface area is 457 Å². The normalized spacial score (nSPS) is 12.5. The minimum absolute atomic E-state index is 0.0101. The summed E-state index contributed by atoms with van der Waals surface area (Å²) in [6, 6.07) is -0.631. The minimum Gasteiger partial charge on any atom is -0.466 e. The van der Waals surface area contributed by atoms with Crippen molar-refractivity contribution in [3.05, 3.63) is 12.2 Å². The number of aliphatic hydroxyl groups excluding tert-OH is 2. The Morgan fingerprint density at radius 3 is 0.932 bits per heavy atom. The van der Waals surface area contributed by atoms with Crippen LogP contribution < -0.4 is 5.32 Å². The number of carbonyl (C=O) groups is 2. The maximum Gasteiger partial charge on any atom is 0.305 e. The number of hydrogen-bond donors (Lipinski definition) is 3. The van der Waals surface area contributed by atoms with E-state index < -0.39 is 12.1 Å². The molecule has 2 atom stereocenters. The average Bonchev–Trinajstić information content (AvgIpc) is 3.39. The number of hydrogen-bond acceptors (Lipinski definition) is 5. The number of unbranched alkanes of at least 4 members (excludes halogenated alkanes) is 52. The number of allylic oxidation sites excluding steroid dienone is 1. The molecule has 0 aromatic carbocycles. The summed E-state index contributed by atoms with van der Waals surface area (Å²) in [5.41, 5.74) is 0. The Kier molecular flexibility index (Phi) is 61.9. The van der Waals surface area contributed by atoms with Crippen molar-refractivity contribution in [1.82, 2.24) is 5.32 Å². The van der Waals surface area contributed by atoms with Gasteiger partial charge in [0.25, 0.3) is 0 Å². The molecule has 0 saturated carbocycles. The first kappa shape index (κ1) is 71.6. The number of esters is 1. The number of aliphatic hydroxyl groups is 2. The van der Waals surface area contributed by atoms with E-state index in [-0.39, 0.29) is 18.5 Å². The van der Waals surface area contributed by atoms with E-state index in [0.29, 0.717) is 19.4 Å². The van der Waals surface area contributed by atoms with Gasteiger partial charge in [0, 0.05) is 12.8 Å². The lowest BCUT2D eigenvalue weighted by Gasteiger charge is -2.20. The van der Waals surface area contributed by atoms with Gasteiger partial charge < -0.3 is 20.3 Å². The maximum absolute atomic E-state index is 12.5. The molecule has 0 saturated heterocycles. The summed E-state index contributed by atoms with van der Waals surface area (Å²) < 4.78 is 5.48. The van der Waals surface area contributed by atoms with Crippen LogP contribution in [0.15, 0.2) is 12.2 Å². The molecule has 1 amide bonds. The van der Waals surface area contributed by atoms with Gasteiger partial charge in [0.2, 0.25) is 5.91 Å². The van der Waals surface area contributed by atoms with Crippen molar-refractivity contribution < 1.29 is 24.5 Å². The monoisotopic (exact) mass is 1030 g/mol. The molecule has 0 spiro atoms. The lowest BCUT2D eigenvalue weighted by molar-refractivity contribution is -0.143. The summed E-state index contributed by atoms with van der Waals surface area (Å²) >= 11 is 0. The number of nitrogens with one attached hydrogen (secondary N) is 1. The van der Waals surface area contributed by atoms with E-state index in [1.54, 1.807) is 6.08 Å². The van der Waals surface area contributed by atoms with Crippen LogP contribution in [0.25, 0.3) is 0 Å². The molecule has 6 heteroatoms. The molecular formula is C67H131NO5. The summed E-state index contributed by atoms with van der Waals surface area (Å²) in [4.78, 5) is 24.5. The zero-order chi connectivity index (χ0) is 52.9. The van der Waals surface area contributed by atoms with Crippen molar-refractivity contribution in [2.24, 2.45) is 0 Å². The molecule has 2 unspecified atom stereocenters. The molecule has 73 heavy (non-hydrogen) atoms. The quantitative estimate of drug-likeness (QED) is 0.0320. The molecule has 0 aromatic heterocycles. The fourth-order valence-corrected chi connectivity index (χ4v) is 10.7. The molecule has 0 aromatic rings. The second-order valence-electron chi connectivity index (χ2n) is 23.2. The van der Waals surface area contributed by atoms with Crippen LogP contribution in [-0.4, -0.2) is 47.4 Å². The van der Waals surface area contributed by atoms with Gasteiger partial charge in [-0.3, -0.25) is 9.59 Å². The van der Waals surface area contributed by atoms with Crippen LogP contribution in [0.3, 0.4) is 0 Å². The van der Waals surface area contributed by atoms with Crippen LogP contribution in [0.1, 0.15) is 380 Å². The molecule has 0 aliphatic rings. The van der Waals surface area contributed by atoms with Gasteiger partial charge in [0.05, 0.1) is 25.4 Å². The van der Waals surface area contributed by atoms with E-state index in [1.165, 1.54) is 315 Å². The predicted octanol–water partition coefficient (Wildman–Crippen LogP) is 21.2. The van der Waals surface area contributed by atoms with E-state index in [1.807, 2.05) is 6.08 Å². The van der Waals surface area contributed by atoms with Crippen LogP contribution in [-0.2, 0) is 14.3 Å². The van der Waals surface area contributed by atoms with E-state index in [2.05, 4.69) is 19.2 Å². The van der Waals surface area contributed by atoms with Gasteiger partial charge >= 0.3 is 5.97 Å². The highest BCUT2D eigenvalue weighted by Gasteiger charge is 2.18. The topological polar surface area (TPSA) is 95.9 Å². The standard InChI is InChI=1S/C67H131NO5/c1-3-5-7-9-11-13-15-17-18-19-20-21-22-23-24-25-27-30-33-36-39-43-47-51-55-59-65(70)64(63-69)68-66(71)60-56-52-48-44-40-37-34-31-28-26-29-32-35-38-42-46-50-54-58-62-73-67(72)61-57-53-49-45-41-16-14-12-10-8-6-4-2/h55,59,64-65,69-70H,3-54,56-58,60-63H2,1-2H3,(H,68,71)/b59-55+. The highest BCUT2D eigenvalue weighted by atomic mass is 16.5. The van der Waals surface area contributed by atoms with Gasteiger partial charge in [-0.05, 0) is 32.1 Å². The molecule has 0 heterocycles. The van der Waals surface area contributed by atoms with E-state index in [4.69, 9.17) is 4.74 Å². The van der Waals surface area contributed by atoms with E-state index in [0.717, 1.165) is 38.5 Å². The van der Waals surface area contributed by atoms with Crippen LogP contribution >= 0.6 is 0 Å². The van der Waals surface area contributed by atoms with Crippen molar-refractivity contribution in [3.8, 4) is 0 Å². The second-order valence-corrected chi connectivity index (χ2v) is 23.2. The third-order valence-electron chi connectivity index (χ3n) is 15.8. The molecule has 0 aliphatic heterocycles. The fraction of sp³-hybridized carbons (Fsp3) is 0.940. The van der Waals surface area contributed by atoms with Crippen LogP contribution in [0.2, 0.25) is 0 Å². The summed E-state index contributed by atoms with van der Waals surface area (Å²) in [6.45, 7) is 4.93. The smallest absolute Gasteiger partial charge is 0.305 e. The SMILES string of the molecule is CCCCCCCCCCCCCCCCCCCCCCCCC/C=C/C(O)C(CO)NC(=O)CCCCCCCCCCCCCCCCCCCCCOC(=O)CCCCCCCCCCCCCC. The van der Waals surface area contributed by atoms with Gasteiger partial charge in [0.1, 0.15) is 0 Å². The molecule has 434 valence electrons. The number of carbonyl (C=O) groups excluding carboxylic acids is 2. The van der Waals surface area contributed by atoms with Gasteiger partial charge in [0.15, 0.2) is 0 Å². The second kappa shape index (κ2) is 63.1. The summed E-state index contributed by atoms with van der Waals surface area (Å²) in [5, 5.41) is 23.3. The lowest BCUT2D eigenvalue weighted by Crippen LogP contribution is -2.45. The summed E-state index contributed by atoms with van der Waals surface area (Å²) in [6.07, 6.45) is 77.0. The minimum atomic E-state index is -0.847. The third kappa shape index (κ3) is 59.7. The first-order chi connectivity index (χ1) is 36.0. The first-order valence-corrected chi connectivity index (χ1v) is 33.5. The van der Waals surface area contributed by atoms with E-state index >= 15 is 0 Å². The third-order valence-corrected chi connectivity index (χ3v) is 15.8. The van der Waals surface area contributed by atoms with Crippen molar-refractivity contribution in [3.63, 3.8) is 0 Å². The van der Waals surface area contributed by atoms with Crippen molar-refractivity contribution in [1.29, 1.82) is 0 Å². The molecule has 0 fully saturated rings. The van der Waals surface area contributed by atoms with E-state index in [9.17, 15) is 19.8 Å². The molecular weight excluding hydrogens is 899 g/mol. The number of ether oxygens (including phenoxy) is 1. The average molecular weight is 1030 g/mol.